The highest BCUT2D eigenvalue weighted by molar-refractivity contribution is 4.59. The van der Waals surface area contributed by atoms with E-state index < -0.39 is 6.29 Å². The Labute approximate surface area is 51.5 Å². The van der Waals surface area contributed by atoms with E-state index >= 15 is 0 Å². The Bertz CT molecular complexity index is 160. The van der Waals surface area contributed by atoms with E-state index in [-0.39, 0.29) is 6.54 Å². The molecule has 0 aliphatic rings. The van der Waals surface area contributed by atoms with Gasteiger partial charge in [-0.1, -0.05) is 0 Å². The summed E-state index contributed by atoms with van der Waals surface area (Å²) >= 11 is 0. The highest BCUT2D eigenvalue weighted by Gasteiger charge is 1.97. The monoisotopic (exact) mass is 129 g/mol. The summed E-state index contributed by atoms with van der Waals surface area (Å²) in [6.45, 7) is 0.0208. The first-order chi connectivity index (χ1) is 4.29. The van der Waals surface area contributed by atoms with Crippen molar-refractivity contribution in [3.63, 3.8) is 0 Å². The first kappa shape index (κ1) is 6.18. The Hall–Kier alpha value is -0.940. The average Bonchev–Trinajstić information content (AvgIpc) is 2.15. The third-order valence-corrected chi connectivity index (χ3v) is 0.793. The van der Waals surface area contributed by atoms with Gasteiger partial charge >= 0.3 is 0 Å². The predicted molar refractivity (Wildman–Crippen MR) is 28.2 cm³/mol. The summed E-state index contributed by atoms with van der Waals surface area (Å²) in [6.07, 6.45) is 1.57. The van der Waals surface area contributed by atoms with Crippen LogP contribution in [0.25, 0.3) is 0 Å². The molecule has 0 fully saturated rings. The molecule has 9 heavy (non-hydrogen) atoms. The molecule has 50 valence electrons. The van der Waals surface area contributed by atoms with Crippen molar-refractivity contribution in [3.8, 4) is 0 Å². The Morgan fingerprint density at radius 3 is 2.33 bits per heavy atom. The molecule has 0 atom stereocenters. The van der Waals surface area contributed by atoms with Gasteiger partial charge in [-0.3, -0.25) is 0 Å². The van der Waals surface area contributed by atoms with E-state index in [1.165, 1.54) is 17.2 Å². The van der Waals surface area contributed by atoms with Gasteiger partial charge in [0.1, 0.15) is 6.54 Å². The number of aliphatic hydroxyl groups is 2. The number of hydrogen-bond acceptors (Lipinski definition) is 4. The topological polar surface area (TPSA) is 71.2 Å². The minimum atomic E-state index is -1.38. The summed E-state index contributed by atoms with van der Waals surface area (Å²) in [5, 5.41) is 24.0. The minimum Gasteiger partial charge on any atom is -0.366 e. The molecule has 5 nitrogen and oxygen atoms in total. The summed E-state index contributed by atoms with van der Waals surface area (Å²) < 4.78 is 0. The molecule has 0 aliphatic carbocycles. The van der Waals surface area contributed by atoms with Crippen molar-refractivity contribution >= 4 is 0 Å². The van der Waals surface area contributed by atoms with Gasteiger partial charge in [-0.25, -0.2) is 0 Å². The molecule has 0 bridgehead atoms. The van der Waals surface area contributed by atoms with E-state index in [1.54, 1.807) is 0 Å². The van der Waals surface area contributed by atoms with Crippen molar-refractivity contribution in [1.29, 1.82) is 0 Å². The fourth-order valence-corrected chi connectivity index (χ4v) is 0.484. The molecule has 1 heterocycles. The Morgan fingerprint density at radius 1 is 1.33 bits per heavy atom. The Balaban J connectivity index is 2.48. The van der Waals surface area contributed by atoms with Crippen LogP contribution >= 0.6 is 0 Å². The fourth-order valence-electron chi connectivity index (χ4n) is 0.484. The van der Waals surface area contributed by atoms with Gasteiger partial charge in [-0.15, -0.1) is 0 Å². The molecular formula is C4H7N3O2. The molecule has 0 aromatic carbocycles. The number of aromatic nitrogens is 3. The van der Waals surface area contributed by atoms with E-state index in [1.807, 2.05) is 0 Å². The van der Waals surface area contributed by atoms with Crippen LogP contribution in [0, 0.1) is 0 Å². The maximum Gasteiger partial charge on any atom is 0.173 e. The third-order valence-electron chi connectivity index (χ3n) is 0.793. The van der Waals surface area contributed by atoms with E-state index in [0.29, 0.717) is 0 Å². The molecule has 0 aliphatic heterocycles. The second-order valence-electron chi connectivity index (χ2n) is 1.56. The first-order valence-electron chi connectivity index (χ1n) is 2.49. The molecular weight excluding hydrogens is 122 g/mol. The van der Waals surface area contributed by atoms with E-state index in [2.05, 4.69) is 10.2 Å². The van der Waals surface area contributed by atoms with Crippen molar-refractivity contribution in [1.82, 2.24) is 15.0 Å². The predicted octanol–water partition coefficient (Wildman–Crippen LogP) is -1.41. The molecule has 2 N–H and O–H groups in total. The van der Waals surface area contributed by atoms with Crippen LogP contribution in [0.5, 0.6) is 0 Å². The Morgan fingerprint density at radius 2 is 1.89 bits per heavy atom. The van der Waals surface area contributed by atoms with Crippen LogP contribution in [0.15, 0.2) is 12.4 Å². The number of hydrogen-bond donors (Lipinski definition) is 2. The van der Waals surface area contributed by atoms with Crippen LogP contribution in [0.1, 0.15) is 0 Å². The number of rotatable bonds is 2. The quantitative estimate of drug-likeness (QED) is 0.481. The van der Waals surface area contributed by atoms with Gasteiger partial charge in [0.25, 0.3) is 0 Å². The van der Waals surface area contributed by atoms with Crippen molar-refractivity contribution in [3.05, 3.63) is 12.4 Å². The van der Waals surface area contributed by atoms with Crippen molar-refractivity contribution in [2.45, 2.75) is 12.8 Å². The lowest BCUT2D eigenvalue weighted by molar-refractivity contribution is -0.0560. The summed E-state index contributed by atoms with van der Waals surface area (Å²) in [4.78, 5) is 1.20. The maximum atomic E-state index is 8.38. The zero-order valence-corrected chi connectivity index (χ0v) is 4.68. The lowest BCUT2D eigenvalue weighted by Crippen LogP contribution is -2.16. The molecule has 0 radical (unpaired) electrons. The van der Waals surface area contributed by atoms with Crippen LogP contribution in [-0.2, 0) is 6.54 Å². The Kier molecular flexibility index (Phi) is 1.76. The van der Waals surface area contributed by atoms with Gasteiger partial charge < -0.3 is 10.2 Å². The van der Waals surface area contributed by atoms with Gasteiger partial charge in [-0.05, 0) is 0 Å². The van der Waals surface area contributed by atoms with E-state index in [4.69, 9.17) is 10.2 Å². The summed E-state index contributed by atoms with van der Waals surface area (Å²) in [6, 6.07) is 0. The van der Waals surface area contributed by atoms with Crippen LogP contribution in [0.2, 0.25) is 0 Å². The first-order valence-corrected chi connectivity index (χ1v) is 2.49. The largest absolute Gasteiger partial charge is 0.366 e. The summed E-state index contributed by atoms with van der Waals surface area (Å²) in [5.41, 5.74) is 0. The van der Waals surface area contributed by atoms with Crippen molar-refractivity contribution in [2.75, 3.05) is 0 Å². The van der Waals surface area contributed by atoms with Gasteiger partial charge in [-0.2, -0.15) is 15.0 Å². The standard InChI is InChI=1S/C4H7N3O2/c8-4(9)3-7-5-1-2-6-7/h1-2,4,8-9H,3H2. The van der Waals surface area contributed by atoms with Crippen LogP contribution in [0.3, 0.4) is 0 Å². The van der Waals surface area contributed by atoms with Crippen LogP contribution in [0.4, 0.5) is 0 Å². The number of aliphatic hydroxyl groups excluding tert-OH is 1. The molecule has 0 saturated carbocycles. The lowest BCUT2D eigenvalue weighted by atomic mass is 10.7. The summed E-state index contributed by atoms with van der Waals surface area (Å²) in [5.74, 6) is 0. The molecule has 0 spiro atoms. The smallest absolute Gasteiger partial charge is 0.173 e. The van der Waals surface area contributed by atoms with Gasteiger partial charge in [0.2, 0.25) is 0 Å². The van der Waals surface area contributed by atoms with Crippen LogP contribution in [-0.4, -0.2) is 31.5 Å². The van der Waals surface area contributed by atoms with Crippen molar-refractivity contribution < 1.29 is 10.2 Å². The molecule has 1 rings (SSSR count). The van der Waals surface area contributed by atoms with Gasteiger partial charge in [0.05, 0.1) is 12.4 Å². The molecule has 1 aromatic rings. The molecule has 0 saturated heterocycles. The SMILES string of the molecule is OC(O)Cn1nccn1. The van der Waals surface area contributed by atoms with Gasteiger partial charge in [0.15, 0.2) is 6.29 Å². The second kappa shape index (κ2) is 2.56. The van der Waals surface area contributed by atoms with E-state index in [0.717, 1.165) is 0 Å². The molecule has 0 unspecified atom stereocenters. The summed E-state index contributed by atoms with van der Waals surface area (Å²) in [7, 11) is 0. The zero-order valence-electron chi connectivity index (χ0n) is 4.68. The van der Waals surface area contributed by atoms with E-state index in [9.17, 15) is 0 Å². The fraction of sp³-hybridized carbons (Fsp3) is 0.500. The third kappa shape index (κ3) is 1.79. The highest BCUT2D eigenvalue weighted by Crippen LogP contribution is 1.81. The normalized spacial score (nSPS) is 10.6. The maximum absolute atomic E-state index is 8.38. The average molecular weight is 129 g/mol. The van der Waals surface area contributed by atoms with Gasteiger partial charge in [0, 0.05) is 0 Å². The van der Waals surface area contributed by atoms with Crippen LogP contribution < -0.4 is 0 Å². The second-order valence-corrected chi connectivity index (χ2v) is 1.56. The zero-order chi connectivity index (χ0) is 6.69. The molecule has 0 amide bonds. The molecule has 5 heteroatoms. The minimum absolute atomic E-state index is 0.0208. The lowest BCUT2D eigenvalue weighted by Gasteiger charge is -1.99. The van der Waals surface area contributed by atoms with Crippen molar-refractivity contribution in [2.24, 2.45) is 0 Å². The molecule has 1 aromatic heterocycles. The number of nitrogens with zero attached hydrogens (tertiary/aromatic N) is 3. The highest BCUT2D eigenvalue weighted by atomic mass is 16.5.